The molecule has 1 aliphatic rings. The number of nitrogens with one attached hydrogen (secondary N) is 1. The third-order valence-corrected chi connectivity index (χ3v) is 8.91. The van der Waals surface area contributed by atoms with E-state index in [1.54, 1.807) is 13.8 Å². The summed E-state index contributed by atoms with van der Waals surface area (Å²) in [6, 6.07) is 12.8. The van der Waals surface area contributed by atoms with Crippen LogP contribution in [0, 0.1) is 0 Å². The van der Waals surface area contributed by atoms with Gasteiger partial charge in [-0.3, -0.25) is 0 Å². The van der Waals surface area contributed by atoms with Crippen LogP contribution >= 0.6 is 15.9 Å². The van der Waals surface area contributed by atoms with Crippen LogP contribution in [-0.2, 0) is 25.6 Å². The van der Waals surface area contributed by atoms with E-state index < -0.39 is 25.6 Å². The monoisotopic (exact) mass is 486 g/mol. The first-order valence-corrected chi connectivity index (χ1v) is 12.6. The average Bonchev–Trinajstić information content (AvgIpc) is 3.17. The second-order valence-corrected chi connectivity index (χ2v) is 11.9. The molecular formula is C19H23BrN2O4S2. The van der Waals surface area contributed by atoms with Gasteiger partial charge in [0, 0.05) is 17.6 Å². The van der Waals surface area contributed by atoms with Gasteiger partial charge in [-0.1, -0.05) is 28.1 Å². The molecular weight excluding hydrogens is 464 g/mol. The predicted molar refractivity (Wildman–Crippen MR) is 112 cm³/mol. The summed E-state index contributed by atoms with van der Waals surface area (Å²) in [7, 11) is -7.40. The minimum Gasteiger partial charge on any atom is -0.207 e. The van der Waals surface area contributed by atoms with Crippen molar-refractivity contribution in [1.82, 2.24) is 9.03 Å². The smallest absolute Gasteiger partial charge is 0.207 e. The molecule has 0 spiro atoms. The second kappa shape index (κ2) is 7.87. The van der Waals surface area contributed by atoms with Crippen molar-refractivity contribution >= 4 is 36.0 Å². The molecule has 152 valence electrons. The lowest BCUT2D eigenvalue weighted by Crippen LogP contribution is -2.40. The van der Waals surface area contributed by atoms with Gasteiger partial charge in [0.1, 0.15) is 0 Å². The van der Waals surface area contributed by atoms with Crippen LogP contribution < -0.4 is 4.72 Å². The number of rotatable bonds is 6. The molecule has 1 fully saturated rings. The Bertz CT molecular complexity index is 1040. The molecule has 0 radical (unpaired) electrons. The molecule has 28 heavy (non-hydrogen) atoms. The van der Waals surface area contributed by atoms with E-state index >= 15 is 0 Å². The van der Waals surface area contributed by atoms with Crippen molar-refractivity contribution in [2.75, 3.05) is 13.1 Å². The topological polar surface area (TPSA) is 83.5 Å². The molecule has 0 atom stereocenters. The lowest BCUT2D eigenvalue weighted by Gasteiger charge is -2.26. The number of hydrogen-bond acceptors (Lipinski definition) is 4. The number of halogens is 1. The number of hydrogen-bond donors (Lipinski definition) is 1. The highest BCUT2D eigenvalue weighted by molar-refractivity contribution is 9.10. The van der Waals surface area contributed by atoms with Crippen molar-refractivity contribution in [2.24, 2.45) is 0 Å². The SMILES string of the molecule is CC(C)(NS(=O)(=O)c1ccc(S(=O)(=O)N2CCCC2)cc1)c1ccc(Br)cc1. The molecule has 2 aromatic rings. The lowest BCUT2D eigenvalue weighted by atomic mass is 9.96. The van der Waals surface area contributed by atoms with Gasteiger partial charge in [0.2, 0.25) is 20.0 Å². The molecule has 0 unspecified atom stereocenters. The minimum atomic E-state index is -3.83. The summed E-state index contributed by atoms with van der Waals surface area (Å²) < 4.78 is 55.9. The van der Waals surface area contributed by atoms with Gasteiger partial charge in [-0.2, -0.15) is 4.31 Å². The highest BCUT2D eigenvalue weighted by Crippen LogP contribution is 2.26. The maximum atomic E-state index is 12.8. The fraction of sp³-hybridized carbons (Fsp3) is 0.368. The Morgan fingerprint density at radius 3 is 1.89 bits per heavy atom. The molecule has 0 amide bonds. The summed E-state index contributed by atoms with van der Waals surface area (Å²) in [6.07, 6.45) is 1.70. The Labute approximate surface area is 175 Å². The molecule has 0 saturated carbocycles. The molecule has 0 bridgehead atoms. The van der Waals surface area contributed by atoms with E-state index in [-0.39, 0.29) is 9.79 Å². The van der Waals surface area contributed by atoms with Gasteiger partial charge in [-0.25, -0.2) is 21.6 Å². The van der Waals surface area contributed by atoms with Crippen LogP contribution in [0.1, 0.15) is 32.3 Å². The van der Waals surface area contributed by atoms with Gasteiger partial charge in [0.25, 0.3) is 0 Å². The maximum absolute atomic E-state index is 12.8. The van der Waals surface area contributed by atoms with Crippen LogP contribution in [0.3, 0.4) is 0 Å². The molecule has 0 aliphatic carbocycles. The fourth-order valence-corrected chi connectivity index (χ4v) is 6.37. The van der Waals surface area contributed by atoms with Crippen molar-refractivity contribution in [3.05, 3.63) is 58.6 Å². The van der Waals surface area contributed by atoms with Gasteiger partial charge in [0.15, 0.2) is 0 Å². The van der Waals surface area contributed by atoms with Gasteiger partial charge >= 0.3 is 0 Å². The third kappa shape index (κ3) is 4.49. The van der Waals surface area contributed by atoms with Gasteiger partial charge < -0.3 is 0 Å². The van der Waals surface area contributed by atoms with Crippen molar-refractivity contribution < 1.29 is 16.8 Å². The molecule has 6 nitrogen and oxygen atoms in total. The summed E-state index contributed by atoms with van der Waals surface area (Å²) in [6.45, 7) is 4.57. The van der Waals surface area contributed by atoms with Crippen molar-refractivity contribution in [3.63, 3.8) is 0 Å². The molecule has 1 heterocycles. The Morgan fingerprint density at radius 1 is 0.857 bits per heavy atom. The van der Waals surface area contributed by atoms with E-state index in [1.807, 2.05) is 24.3 Å². The van der Waals surface area contributed by atoms with Gasteiger partial charge in [-0.05, 0) is 68.7 Å². The van der Waals surface area contributed by atoms with E-state index in [0.717, 1.165) is 22.9 Å². The first-order valence-electron chi connectivity index (χ1n) is 8.93. The zero-order chi connectivity index (χ0) is 20.6. The quantitative estimate of drug-likeness (QED) is 0.677. The zero-order valence-electron chi connectivity index (χ0n) is 15.7. The van der Waals surface area contributed by atoms with Gasteiger partial charge in [0.05, 0.1) is 15.3 Å². The standard InChI is InChI=1S/C19H23BrN2O4S2/c1-19(2,15-5-7-16(20)8-6-15)21-27(23,24)17-9-11-18(12-10-17)28(25,26)22-13-3-4-14-22/h5-12,21H,3-4,13-14H2,1-2H3. The van der Waals surface area contributed by atoms with Crippen LogP contribution in [0.15, 0.2) is 62.8 Å². The van der Waals surface area contributed by atoms with Crippen molar-refractivity contribution in [2.45, 2.75) is 42.0 Å². The highest BCUT2D eigenvalue weighted by atomic mass is 79.9. The van der Waals surface area contributed by atoms with E-state index in [1.165, 1.54) is 28.6 Å². The Hall–Kier alpha value is -1.26. The Balaban J connectivity index is 1.83. The molecule has 0 aromatic heterocycles. The highest BCUT2D eigenvalue weighted by Gasteiger charge is 2.30. The van der Waals surface area contributed by atoms with Crippen LogP contribution in [0.2, 0.25) is 0 Å². The first kappa shape index (κ1) is 21.4. The lowest BCUT2D eigenvalue weighted by molar-refractivity contribution is 0.471. The molecule has 1 N–H and O–H groups in total. The predicted octanol–water partition coefficient (Wildman–Crippen LogP) is 3.45. The van der Waals surface area contributed by atoms with Crippen LogP contribution in [0.4, 0.5) is 0 Å². The second-order valence-electron chi connectivity index (χ2n) is 7.32. The van der Waals surface area contributed by atoms with Crippen molar-refractivity contribution in [1.29, 1.82) is 0 Å². The Morgan fingerprint density at radius 2 is 1.36 bits per heavy atom. The molecule has 9 heteroatoms. The van der Waals surface area contributed by atoms with Crippen LogP contribution in [0.25, 0.3) is 0 Å². The minimum absolute atomic E-state index is 0.0260. The van der Waals surface area contributed by atoms with E-state index in [0.29, 0.717) is 13.1 Å². The molecule has 1 aliphatic heterocycles. The molecule has 3 rings (SSSR count). The van der Waals surface area contributed by atoms with E-state index in [4.69, 9.17) is 0 Å². The maximum Gasteiger partial charge on any atom is 0.243 e. The average molecular weight is 487 g/mol. The summed E-state index contributed by atoms with van der Waals surface area (Å²) in [5.74, 6) is 0. The zero-order valence-corrected chi connectivity index (χ0v) is 18.9. The third-order valence-electron chi connectivity index (χ3n) is 4.79. The normalized spacial score (nSPS) is 16.4. The number of sulfonamides is 2. The number of nitrogens with zero attached hydrogens (tertiary/aromatic N) is 1. The van der Waals surface area contributed by atoms with E-state index in [2.05, 4.69) is 20.7 Å². The number of benzene rings is 2. The summed E-state index contributed by atoms with van der Waals surface area (Å²) in [5, 5.41) is 0. The first-order chi connectivity index (χ1) is 13.0. The van der Waals surface area contributed by atoms with Crippen molar-refractivity contribution in [3.8, 4) is 0 Å². The summed E-state index contributed by atoms with van der Waals surface area (Å²) in [5.41, 5.74) is -0.0210. The molecule has 2 aromatic carbocycles. The molecule has 1 saturated heterocycles. The largest absolute Gasteiger partial charge is 0.243 e. The Kier molecular flexibility index (Phi) is 6.03. The summed E-state index contributed by atoms with van der Waals surface area (Å²) >= 11 is 3.37. The van der Waals surface area contributed by atoms with Crippen LogP contribution in [-0.4, -0.2) is 34.2 Å². The fourth-order valence-electron chi connectivity index (χ4n) is 3.19. The van der Waals surface area contributed by atoms with Gasteiger partial charge in [-0.15, -0.1) is 0 Å². The van der Waals surface area contributed by atoms with Crippen LogP contribution in [0.5, 0.6) is 0 Å². The summed E-state index contributed by atoms with van der Waals surface area (Å²) in [4.78, 5) is 0.138. The van der Waals surface area contributed by atoms with E-state index in [9.17, 15) is 16.8 Å².